The molecule has 3 N–H and O–H groups in total. The number of ketones is 1. The van der Waals surface area contributed by atoms with Gasteiger partial charge in [0.1, 0.15) is 5.78 Å². The Kier molecular flexibility index (Phi) is 6.31. The normalized spacial score (nSPS) is 15.0. The number of carboxylic acid groups (broad SMARTS) is 1. The third kappa shape index (κ3) is 5.10. The van der Waals surface area contributed by atoms with Crippen molar-refractivity contribution >= 4 is 21.8 Å². The van der Waals surface area contributed by atoms with Crippen molar-refractivity contribution in [3.8, 4) is 0 Å². The van der Waals surface area contributed by atoms with Gasteiger partial charge in [-0.15, -0.1) is 0 Å². The lowest BCUT2D eigenvalue weighted by Gasteiger charge is -2.18. The van der Waals surface area contributed by atoms with Crippen LogP contribution >= 0.6 is 0 Å². The van der Waals surface area contributed by atoms with E-state index in [1.165, 1.54) is 0 Å². The fourth-order valence-electron chi connectivity index (χ4n) is 3.16. The molecule has 0 fully saturated rings. The molecule has 1 aliphatic heterocycles. The van der Waals surface area contributed by atoms with Crippen molar-refractivity contribution in [3.63, 3.8) is 0 Å². The van der Waals surface area contributed by atoms with Gasteiger partial charge in [-0.25, -0.2) is 17.9 Å². The molecule has 0 aromatic heterocycles. The zero-order chi connectivity index (χ0) is 18.6. The number of sulfonamides is 1. The van der Waals surface area contributed by atoms with Crippen molar-refractivity contribution < 1.29 is 23.1 Å². The van der Waals surface area contributed by atoms with Crippen LogP contribution in [-0.4, -0.2) is 38.1 Å². The van der Waals surface area contributed by atoms with Crippen LogP contribution in [0.4, 0.5) is 0 Å². The van der Waals surface area contributed by atoms with Crippen LogP contribution in [0.5, 0.6) is 0 Å². The van der Waals surface area contributed by atoms with Crippen molar-refractivity contribution in [3.05, 3.63) is 34.4 Å². The van der Waals surface area contributed by atoms with E-state index < -0.39 is 21.9 Å². The fourth-order valence-corrected chi connectivity index (χ4v) is 3.65. The van der Waals surface area contributed by atoms with E-state index in [0.717, 1.165) is 17.4 Å². The molecular weight excluding hydrogens is 344 g/mol. The zero-order valence-corrected chi connectivity index (χ0v) is 15.3. The van der Waals surface area contributed by atoms with Crippen molar-refractivity contribution in [2.24, 2.45) is 0 Å². The van der Waals surface area contributed by atoms with Gasteiger partial charge in [-0.2, -0.15) is 0 Å². The Balaban J connectivity index is 2.34. The van der Waals surface area contributed by atoms with Crippen LogP contribution in [0.25, 0.3) is 0 Å². The average molecular weight is 368 g/mol. The molecule has 2 rings (SSSR count). The number of benzene rings is 1. The van der Waals surface area contributed by atoms with Gasteiger partial charge in [-0.3, -0.25) is 4.79 Å². The minimum atomic E-state index is -3.34. The van der Waals surface area contributed by atoms with E-state index in [-0.39, 0.29) is 17.9 Å². The quantitative estimate of drug-likeness (QED) is 0.607. The molecule has 0 spiro atoms. The van der Waals surface area contributed by atoms with Gasteiger partial charge in [0.05, 0.1) is 11.8 Å². The summed E-state index contributed by atoms with van der Waals surface area (Å²) in [6.07, 6.45) is 2.44. The molecule has 1 aromatic carbocycles. The Labute approximate surface area is 147 Å². The molecule has 1 aromatic rings. The Morgan fingerprint density at radius 2 is 2.04 bits per heavy atom. The molecule has 0 amide bonds. The monoisotopic (exact) mass is 368 g/mol. The van der Waals surface area contributed by atoms with Gasteiger partial charge >= 0.3 is 5.97 Å². The summed E-state index contributed by atoms with van der Waals surface area (Å²) in [5.41, 5.74) is 2.50. The highest BCUT2D eigenvalue weighted by Crippen LogP contribution is 2.29. The Bertz CT molecular complexity index is 773. The standard InChI is InChI=1S/C17H24N2O5S/c1-3-4-16(20)13(5-6-19-25(2,23)24)11-7-12-9-18-10-15(12)14(8-11)17(21)22/h7-8,13,18-19H,3-6,9-10H2,1-2H3,(H,21,22). The van der Waals surface area contributed by atoms with Gasteiger partial charge in [-0.05, 0) is 35.6 Å². The first-order valence-corrected chi connectivity index (χ1v) is 10.2. The third-order valence-electron chi connectivity index (χ3n) is 4.30. The van der Waals surface area contributed by atoms with Crippen LogP contribution in [0.2, 0.25) is 0 Å². The van der Waals surface area contributed by atoms with Gasteiger partial charge in [0.25, 0.3) is 0 Å². The molecule has 0 radical (unpaired) electrons. The van der Waals surface area contributed by atoms with Crippen LogP contribution in [0.1, 0.15) is 59.2 Å². The van der Waals surface area contributed by atoms with E-state index in [1.54, 1.807) is 6.07 Å². The first kappa shape index (κ1) is 19.6. The maximum atomic E-state index is 12.5. The summed E-state index contributed by atoms with van der Waals surface area (Å²) < 4.78 is 24.9. The number of hydrogen-bond acceptors (Lipinski definition) is 5. The molecule has 1 heterocycles. The van der Waals surface area contributed by atoms with Gasteiger partial charge in [0.2, 0.25) is 10.0 Å². The van der Waals surface area contributed by atoms with Gasteiger partial charge in [0.15, 0.2) is 0 Å². The first-order chi connectivity index (χ1) is 11.7. The molecule has 138 valence electrons. The molecule has 8 heteroatoms. The minimum Gasteiger partial charge on any atom is -0.478 e. The second-order valence-corrected chi connectivity index (χ2v) is 8.17. The molecule has 0 aliphatic carbocycles. The number of aromatic carboxylic acids is 1. The van der Waals surface area contributed by atoms with Gasteiger partial charge < -0.3 is 10.4 Å². The van der Waals surface area contributed by atoms with E-state index in [1.807, 2.05) is 13.0 Å². The van der Waals surface area contributed by atoms with E-state index >= 15 is 0 Å². The minimum absolute atomic E-state index is 0.0000425. The second kappa shape index (κ2) is 8.07. The van der Waals surface area contributed by atoms with Crippen LogP contribution in [-0.2, 0) is 27.9 Å². The van der Waals surface area contributed by atoms with Crippen molar-refractivity contribution in [2.75, 3.05) is 12.8 Å². The molecule has 1 atom stereocenters. The highest BCUT2D eigenvalue weighted by molar-refractivity contribution is 7.88. The first-order valence-electron chi connectivity index (χ1n) is 8.30. The van der Waals surface area contributed by atoms with Crippen molar-refractivity contribution in [1.29, 1.82) is 0 Å². The lowest BCUT2D eigenvalue weighted by Crippen LogP contribution is -2.26. The predicted octanol–water partition coefficient (Wildman–Crippen LogP) is 1.38. The molecule has 7 nitrogen and oxygen atoms in total. The smallest absolute Gasteiger partial charge is 0.336 e. The lowest BCUT2D eigenvalue weighted by atomic mass is 9.86. The molecule has 0 bridgehead atoms. The SMILES string of the molecule is CCCC(=O)C(CCNS(C)(=O)=O)c1cc2c(c(C(=O)O)c1)CNC2. The second-order valence-electron chi connectivity index (χ2n) is 6.34. The fraction of sp³-hybridized carbons (Fsp3) is 0.529. The molecule has 1 aliphatic rings. The largest absolute Gasteiger partial charge is 0.478 e. The highest BCUT2D eigenvalue weighted by Gasteiger charge is 2.26. The third-order valence-corrected chi connectivity index (χ3v) is 5.03. The Morgan fingerprint density at radius 3 is 2.64 bits per heavy atom. The maximum absolute atomic E-state index is 12.5. The molecule has 1 unspecified atom stereocenters. The number of carbonyl (C=O) groups excluding carboxylic acids is 1. The number of Topliss-reactive ketones (excluding diaryl/α,β-unsaturated/α-hetero) is 1. The molecule has 25 heavy (non-hydrogen) atoms. The summed E-state index contributed by atoms with van der Waals surface area (Å²) in [6, 6.07) is 3.44. The molecule has 0 saturated heterocycles. The highest BCUT2D eigenvalue weighted by atomic mass is 32.2. The van der Waals surface area contributed by atoms with Gasteiger partial charge in [0, 0.05) is 32.0 Å². The summed E-state index contributed by atoms with van der Waals surface area (Å²) in [5.74, 6) is -1.53. The van der Waals surface area contributed by atoms with Gasteiger partial charge in [-0.1, -0.05) is 13.0 Å². The zero-order valence-electron chi connectivity index (χ0n) is 14.5. The molecule has 0 saturated carbocycles. The van der Waals surface area contributed by atoms with Crippen LogP contribution in [0.15, 0.2) is 12.1 Å². The number of rotatable bonds is 9. The van der Waals surface area contributed by atoms with E-state index in [9.17, 15) is 23.1 Å². The Hall–Kier alpha value is -1.77. The number of hydrogen-bond donors (Lipinski definition) is 3. The summed E-state index contributed by atoms with van der Waals surface area (Å²) in [7, 11) is -3.34. The van der Waals surface area contributed by atoms with E-state index in [2.05, 4.69) is 10.0 Å². The number of fused-ring (bicyclic) bond motifs is 1. The van der Waals surface area contributed by atoms with E-state index in [4.69, 9.17) is 0 Å². The number of carboxylic acids is 1. The summed E-state index contributed by atoms with van der Waals surface area (Å²) in [6.45, 7) is 3.11. The van der Waals surface area contributed by atoms with Crippen molar-refractivity contribution in [2.45, 2.75) is 45.2 Å². The van der Waals surface area contributed by atoms with Crippen LogP contribution in [0, 0.1) is 0 Å². The van der Waals surface area contributed by atoms with Crippen molar-refractivity contribution in [1.82, 2.24) is 10.0 Å². The summed E-state index contributed by atoms with van der Waals surface area (Å²) >= 11 is 0. The maximum Gasteiger partial charge on any atom is 0.336 e. The van der Waals surface area contributed by atoms with E-state index in [0.29, 0.717) is 37.9 Å². The lowest BCUT2D eigenvalue weighted by molar-refractivity contribution is -0.120. The Morgan fingerprint density at radius 1 is 1.32 bits per heavy atom. The summed E-state index contributed by atoms with van der Waals surface area (Å²) in [4.78, 5) is 24.1. The van der Waals surface area contributed by atoms with Crippen LogP contribution < -0.4 is 10.0 Å². The topological polar surface area (TPSA) is 113 Å². The predicted molar refractivity (Wildman–Crippen MR) is 94.1 cm³/mol. The number of nitrogens with one attached hydrogen (secondary N) is 2. The number of carbonyl (C=O) groups is 2. The average Bonchev–Trinajstić information content (AvgIpc) is 2.97. The van der Waals surface area contributed by atoms with Crippen LogP contribution in [0.3, 0.4) is 0 Å². The molecular formula is C17H24N2O5S. The summed E-state index contributed by atoms with van der Waals surface area (Å²) in [5, 5.41) is 12.6.